The summed E-state index contributed by atoms with van der Waals surface area (Å²) in [5.41, 5.74) is 2.18. The molecule has 3 N–H and O–H groups in total. The number of nitrogens with two attached hydrogens (primary N) is 1. The molecule has 0 saturated carbocycles. The number of hydrogen-bond donors (Lipinski definition) is 2. The van der Waals surface area contributed by atoms with Gasteiger partial charge in [0.15, 0.2) is 0 Å². The van der Waals surface area contributed by atoms with Crippen molar-refractivity contribution in [2.24, 2.45) is 5.14 Å². The van der Waals surface area contributed by atoms with E-state index in [-0.39, 0.29) is 10.9 Å². The van der Waals surface area contributed by atoms with Crippen LogP contribution in [0.1, 0.15) is 12.5 Å². The van der Waals surface area contributed by atoms with Gasteiger partial charge in [-0.1, -0.05) is 0 Å². The van der Waals surface area contributed by atoms with Gasteiger partial charge in [-0.15, -0.1) is 0 Å². The Labute approximate surface area is 117 Å². The van der Waals surface area contributed by atoms with Gasteiger partial charge in [0, 0.05) is 11.7 Å². The van der Waals surface area contributed by atoms with E-state index in [0.717, 1.165) is 12.1 Å². The minimum Gasteiger partial charge on any atom is -0.382 e. The quantitative estimate of drug-likeness (QED) is 0.890. The number of hydrogen-bond acceptors (Lipinski definition) is 4. The van der Waals surface area contributed by atoms with Crippen molar-refractivity contribution in [3.63, 3.8) is 0 Å². The Balaban J connectivity index is 1.99. The number of sulfonamides is 1. The van der Waals surface area contributed by atoms with Crippen molar-refractivity contribution in [3.05, 3.63) is 46.7 Å². The number of benzene rings is 1. The standard InChI is InChI=1S/C13H16N2O2S2/c1-10(8-11-6-7-18-9-11)15-12-2-4-13(5-3-12)19(14,16)17/h2-7,9-10,15H,8H2,1H3,(H2,14,16,17). The maximum absolute atomic E-state index is 11.1. The number of thiophene rings is 1. The molecule has 6 heteroatoms. The second-order valence-corrected chi connectivity index (χ2v) is 6.79. The highest BCUT2D eigenvalue weighted by Gasteiger charge is 2.08. The maximum Gasteiger partial charge on any atom is 0.238 e. The molecule has 1 heterocycles. The molecule has 0 saturated heterocycles. The Morgan fingerprint density at radius 1 is 1.26 bits per heavy atom. The number of rotatable bonds is 5. The summed E-state index contributed by atoms with van der Waals surface area (Å²) in [4.78, 5) is 0.128. The first kappa shape index (κ1) is 14.0. The van der Waals surface area contributed by atoms with E-state index >= 15 is 0 Å². The Morgan fingerprint density at radius 3 is 2.47 bits per heavy atom. The molecular formula is C13H16N2O2S2. The monoisotopic (exact) mass is 296 g/mol. The van der Waals surface area contributed by atoms with Gasteiger partial charge in [0.05, 0.1) is 4.90 Å². The maximum atomic E-state index is 11.1. The highest BCUT2D eigenvalue weighted by Crippen LogP contribution is 2.15. The van der Waals surface area contributed by atoms with E-state index in [1.165, 1.54) is 17.7 Å². The number of anilines is 1. The van der Waals surface area contributed by atoms with E-state index in [4.69, 9.17) is 5.14 Å². The van der Waals surface area contributed by atoms with Crippen molar-refractivity contribution < 1.29 is 8.42 Å². The van der Waals surface area contributed by atoms with Gasteiger partial charge in [0.25, 0.3) is 0 Å². The molecule has 0 aliphatic heterocycles. The van der Waals surface area contributed by atoms with Crippen LogP contribution in [0.5, 0.6) is 0 Å². The van der Waals surface area contributed by atoms with Gasteiger partial charge in [0.1, 0.15) is 0 Å². The lowest BCUT2D eigenvalue weighted by Gasteiger charge is -2.14. The first-order chi connectivity index (χ1) is 8.95. The molecule has 0 spiro atoms. The molecule has 1 atom stereocenters. The Bertz CT molecular complexity index is 619. The third-order valence-electron chi connectivity index (χ3n) is 2.72. The smallest absolute Gasteiger partial charge is 0.238 e. The molecule has 2 aromatic rings. The summed E-state index contributed by atoms with van der Waals surface area (Å²) in [5.74, 6) is 0. The summed E-state index contributed by atoms with van der Waals surface area (Å²) in [7, 11) is -3.62. The zero-order chi connectivity index (χ0) is 13.9. The molecule has 19 heavy (non-hydrogen) atoms. The lowest BCUT2D eigenvalue weighted by molar-refractivity contribution is 0.598. The van der Waals surface area contributed by atoms with Gasteiger partial charge >= 0.3 is 0 Å². The molecule has 0 aliphatic rings. The van der Waals surface area contributed by atoms with Crippen LogP contribution in [0.4, 0.5) is 5.69 Å². The van der Waals surface area contributed by atoms with E-state index in [0.29, 0.717) is 0 Å². The fraction of sp³-hybridized carbons (Fsp3) is 0.231. The molecule has 1 aromatic heterocycles. The van der Waals surface area contributed by atoms with Crippen LogP contribution in [0.2, 0.25) is 0 Å². The Kier molecular flexibility index (Phi) is 4.24. The van der Waals surface area contributed by atoms with Crippen LogP contribution >= 0.6 is 11.3 Å². The van der Waals surface area contributed by atoms with Crippen molar-refractivity contribution in [1.82, 2.24) is 0 Å². The second-order valence-electron chi connectivity index (χ2n) is 4.45. The van der Waals surface area contributed by atoms with E-state index in [1.54, 1.807) is 23.5 Å². The van der Waals surface area contributed by atoms with Crippen molar-refractivity contribution in [3.8, 4) is 0 Å². The third-order valence-corrected chi connectivity index (χ3v) is 4.38. The van der Waals surface area contributed by atoms with Crippen LogP contribution in [0.3, 0.4) is 0 Å². The van der Waals surface area contributed by atoms with Gasteiger partial charge in [-0.05, 0) is 60.0 Å². The highest BCUT2D eigenvalue weighted by atomic mass is 32.2. The number of primary sulfonamides is 1. The van der Waals surface area contributed by atoms with Gasteiger partial charge < -0.3 is 5.32 Å². The Hall–Kier alpha value is -1.37. The summed E-state index contributed by atoms with van der Waals surface area (Å²) in [5, 5.41) is 12.6. The molecule has 0 aliphatic carbocycles. The summed E-state index contributed by atoms with van der Waals surface area (Å²) < 4.78 is 22.3. The normalized spacial score (nSPS) is 13.2. The fourth-order valence-corrected chi connectivity index (χ4v) is 3.04. The van der Waals surface area contributed by atoms with Crippen molar-refractivity contribution in [2.75, 3.05) is 5.32 Å². The topological polar surface area (TPSA) is 72.2 Å². The van der Waals surface area contributed by atoms with E-state index in [2.05, 4.69) is 29.1 Å². The molecule has 2 rings (SSSR count). The predicted molar refractivity (Wildman–Crippen MR) is 78.9 cm³/mol. The van der Waals surface area contributed by atoms with Crippen LogP contribution < -0.4 is 10.5 Å². The second kappa shape index (κ2) is 5.73. The van der Waals surface area contributed by atoms with E-state index in [1.807, 2.05) is 0 Å². The van der Waals surface area contributed by atoms with Crippen molar-refractivity contribution >= 4 is 27.0 Å². The van der Waals surface area contributed by atoms with Crippen LogP contribution in [-0.4, -0.2) is 14.5 Å². The molecule has 4 nitrogen and oxygen atoms in total. The van der Waals surface area contributed by atoms with E-state index in [9.17, 15) is 8.42 Å². The van der Waals surface area contributed by atoms with Gasteiger partial charge in [0.2, 0.25) is 10.0 Å². The molecular weight excluding hydrogens is 280 g/mol. The molecule has 0 radical (unpaired) electrons. The molecule has 0 fully saturated rings. The van der Waals surface area contributed by atoms with Crippen molar-refractivity contribution in [2.45, 2.75) is 24.3 Å². The SMILES string of the molecule is CC(Cc1ccsc1)Nc1ccc(S(N)(=O)=O)cc1. The first-order valence-corrected chi connectivity index (χ1v) is 8.34. The first-order valence-electron chi connectivity index (χ1n) is 5.85. The van der Waals surface area contributed by atoms with E-state index < -0.39 is 10.0 Å². The van der Waals surface area contributed by atoms with Crippen molar-refractivity contribution in [1.29, 1.82) is 0 Å². The number of nitrogens with one attached hydrogen (secondary N) is 1. The zero-order valence-electron chi connectivity index (χ0n) is 10.5. The lowest BCUT2D eigenvalue weighted by atomic mass is 10.1. The highest BCUT2D eigenvalue weighted by molar-refractivity contribution is 7.89. The van der Waals surface area contributed by atoms with Crippen LogP contribution in [-0.2, 0) is 16.4 Å². The fourth-order valence-electron chi connectivity index (χ4n) is 1.84. The molecule has 0 amide bonds. The summed E-state index contributed by atoms with van der Waals surface area (Å²) in [6, 6.07) is 8.85. The van der Waals surface area contributed by atoms with Crippen LogP contribution in [0.15, 0.2) is 46.0 Å². The Morgan fingerprint density at radius 2 is 1.95 bits per heavy atom. The molecule has 102 valence electrons. The summed E-state index contributed by atoms with van der Waals surface area (Å²) in [6.07, 6.45) is 0.931. The minimum atomic E-state index is -3.62. The molecule has 1 unspecified atom stereocenters. The average molecular weight is 296 g/mol. The van der Waals surface area contributed by atoms with Gasteiger partial charge in [-0.2, -0.15) is 11.3 Å². The average Bonchev–Trinajstić information content (AvgIpc) is 2.81. The predicted octanol–water partition coefficient (Wildman–Crippen LogP) is 2.44. The van der Waals surface area contributed by atoms with Crippen LogP contribution in [0.25, 0.3) is 0 Å². The minimum absolute atomic E-state index is 0.128. The molecule has 1 aromatic carbocycles. The zero-order valence-corrected chi connectivity index (χ0v) is 12.2. The summed E-state index contributed by atoms with van der Waals surface area (Å²) >= 11 is 1.68. The van der Waals surface area contributed by atoms with Crippen LogP contribution in [0, 0.1) is 0 Å². The molecule has 0 bridgehead atoms. The lowest BCUT2D eigenvalue weighted by Crippen LogP contribution is -2.18. The largest absolute Gasteiger partial charge is 0.382 e. The van der Waals surface area contributed by atoms with Gasteiger partial charge in [-0.25, -0.2) is 13.6 Å². The van der Waals surface area contributed by atoms with Gasteiger partial charge in [-0.3, -0.25) is 0 Å². The summed E-state index contributed by atoms with van der Waals surface area (Å²) in [6.45, 7) is 2.09. The third kappa shape index (κ3) is 4.05.